The molecule has 1 atom stereocenters. The fourth-order valence-corrected chi connectivity index (χ4v) is 9.49. The van der Waals surface area contributed by atoms with Crippen molar-refractivity contribution in [1.29, 1.82) is 0 Å². The number of hydrogen-bond donors (Lipinski definition) is 0. The predicted octanol–water partition coefficient (Wildman–Crippen LogP) is 24.1. The van der Waals surface area contributed by atoms with Gasteiger partial charge in [-0.25, -0.2) is 0 Å². The Kier molecular flexibility index (Phi) is 66.3. The number of unbranched alkanes of at least 4 members (excludes halogenated alkanes) is 29. The van der Waals surface area contributed by atoms with Crippen LogP contribution in [0.25, 0.3) is 0 Å². The Morgan fingerprint density at radius 1 is 0.253 bits per heavy atom. The van der Waals surface area contributed by atoms with Crippen LogP contribution in [0.4, 0.5) is 0 Å². The van der Waals surface area contributed by atoms with Crippen molar-refractivity contribution in [3.8, 4) is 0 Å². The van der Waals surface area contributed by atoms with Gasteiger partial charge in [0.1, 0.15) is 13.2 Å². The van der Waals surface area contributed by atoms with Crippen molar-refractivity contribution in [1.82, 2.24) is 0 Å². The minimum absolute atomic E-state index is 0.0861. The minimum atomic E-state index is -0.791. The lowest BCUT2D eigenvalue weighted by Crippen LogP contribution is -2.30. The van der Waals surface area contributed by atoms with E-state index in [1.165, 1.54) is 141 Å². The number of rotatable bonds is 62. The summed E-state index contributed by atoms with van der Waals surface area (Å²) in [5.74, 6) is -0.899. The summed E-state index contributed by atoms with van der Waals surface area (Å²) in [6.45, 7) is 6.40. The third-order valence-corrected chi connectivity index (χ3v) is 14.6. The van der Waals surface area contributed by atoms with E-state index in [2.05, 4.69) is 154 Å². The molecule has 0 aliphatic rings. The van der Waals surface area contributed by atoms with E-state index < -0.39 is 6.10 Å². The van der Waals surface area contributed by atoms with Gasteiger partial charge in [0, 0.05) is 19.3 Å². The Morgan fingerprint density at radius 3 is 0.747 bits per heavy atom. The second kappa shape index (κ2) is 70.0. The summed E-state index contributed by atoms with van der Waals surface area (Å²) < 4.78 is 16.9. The van der Waals surface area contributed by atoms with Gasteiger partial charge in [0.15, 0.2) is 6.10 Å². The van der Waals surface area contributed by atoms with Gasteiger partial charge in [-0.2, -0.15) is 0 Å². The second-order valence-electron chi connectivity index (χ2n) is 22.7. The molecule has 1 unspecified atom stereocenters. The van der Waals surface area contributed by atoms with Crippen molar-refractivity contribution in [3.63, 3.8) is 0 Å². The maximum Gasteiger partial charge on any atom is 0.306 e. The number of allylic oxidation sites excluding steroid dienone is 22. The molecule has 0 N–H and O–H groups in total. The lowest BCUT2D eigenvalue weighted by Gasteiger charge is -2.18. The Morgan fingerprint density at radius 2 is 0.470 bits per heavy atom. The first-order valence-electron chi connectivity index (χ1n) is 34.7. The summed E-state index contributed by atoms with van der Waals surface area (Å²) in [4.78, 5) is 38.4. The lowest BCUT2D eigenvalue weighted by atomic mass is 10.0. The third-order valence-electron chi connectivity index (χ3n) is 14.6. The van der Waals surface area contributed by atoms with Crippen molar-refractivity contribution in [2.24, 2.45) is 0 Å². The van der Waals surface area contributed by atoms with Gasteiger partial charge in [0.2, 0.25) is 0 Å². The molecule has 0 radical (unpaired) electrons. The number of carbonyl (C=O) groups is 3. The van der Waals surface area contributed by atoms with Crippen LogP contribution in [0.1, 0.15) is 316 Å². The summed E-state index contributed by atoms with van der Waals surface area (Å²) >= 11 is 0. The maximum atomic E-state index is 12.9. The molecule has 0 aromatic carbocycles. The molecule has 0 aromatic rings. The standard InChI is InChI=1S/C77H128O6/c1-4-7-10-13-16-19-22-25-27-29-30-31-32-33-34-35-36-37-38-39-40-41-42-43-44-45-46-48-49-52-55-58-61-64-67-70-76(79)82-73-74(72-81-75(78)69-66-63-60-57-54-51-24-21-18-15-12-9-6-3)83-77(80)71-68-65-62-59-56-53-50-47-28-26-23-20-17-14-11-8-5-2/h7-8,10-11,16-17,19-21,24-28,30-31,33-34,36-37,39-40,74H,4-6,9,12-15,18,22-23,29,32,35,38,41-73H2,1-3H3/b10-7-,11-8-,19-16-,20-17-,24-21-,27-25-,28-26-,31-30-,34-33-,37-36-,40-39-. The average Bonchev–Trinajstić information content (AvgIpc) is 3.49. The van der Waals surface area contributed by atoms with Gasteiger partial charge < -0.3 is 14.2 Å². The molecule has 0 spiro atoms. The Balaban J connectivity index is 4.21. The molecule has 0 aliphatic carbocycles. The predicted molar refractivity (Wildman–Crippen MR) is 362 cm³/mol. The molecule has 0 fully saturated rings. The number of ether oxygens (including phenoxy) is 3. The SMILES string of the molecule is CC/C=C\C/C=C\C/C=C\C/C=C\C/C=C\C/C=C\C/C=C\CCCCCCCCCCCCCCCC(=O)OCC(COC(=O)CCCCCCC/C=C\CCCCCC)OC(=O)CCCCCCCCC/C=C\C/C=C\C/C=C\CC. The molecule has 83 heavy (non-hydrogen) atoms. The van der Waals surface area contributed by atoms with Crippen LogP contribution in [-0.2, 0) is 28.6 Å². The quantitative estimate of drug-likeness (QED) is 0.0261. The van der Waals surface area contributed by atoms with E-state index in [9.17, 15) is 14.4 Å². The maximum absolute atomic E-state index is 12.9. The molecule has 0 aromatic heterocycles. The van der Waals surface area contributed by atoms with Crippen molar-refractivity contribution >= 4 is 17.9 Å². The van der Waals surface area contributed by atoms with Gasteiger partial charge in [0.05, 0.1) is 0 Å². The van der Waals surface area contributed by atoms with Crippen LogP contribution in [0.15, 0.2) is 134 Å². The van der Waals surface area contributed by atoms with Gasteiger partial charge in [-0.05, 0) is 135 Å². The molecule has 6 nitrogen and oxygen atoms in total. The molecule has 0 saturated heterocycles. The Labute approximate surface area is 513 Å². The number of esters is 3. The molecule has 0 aliphatic heterocycles. The Bertz CT molecular complexity index is 1750. The van der Waals surface area contributed by atoms with Crippen LogP contribution in [-0.4, -0.2) is 37.2 Å². The van der Waals surface area contributed by atoms with Crippen LogP contribution >= 0.6 is 0 Å². The summed E-state index contributed by atoms with van der Waals surface area (Å²) in [6, 6.07) is 0. The van der Waals surface area contributed by atoms with Crippen LogP contribution in [0, 0.1) is 0 Å². The van der Waals surface area contributed by atoms with Crippen LogP contribution in [0.3, 0.4) is 0 Å². The third kappa shape index (κ3) is 68.2. The van der Waals surface area contributed by atoms with Crippen LogP contribution < -0.4 is 0 Å². The first kappa shape index (κ1) is 78.5. The van der Waals surface area contributed by atoms with Crippen LogP contribution in [0.5, 0.6) is 0 Å². The molecule has 0 amide bonds. The van der Waals surface area contributed by atoms with Crippen molar-refractivity contribution in [2.45, 2.75) is 322 Å². The largest absolute Gasteiger partial charge is 0.462 e. The zero-order chi connectivity index (χ0) is 59.9. The molecule has 6 heteroatoms. The van der Waals surface area contributed by atoms with E-state index in [4.69, 9.17) is 14.2 Å². The van der Waals surface area contributed by atoms with E-state index in [-0.39, 0.29) is 31.1 Å². The molecule has 0 rings (SSSR count). The van der Waals surface area contributed by atoms with Gasteiger partial charge in [-0.15, -0.1) is 0 Å². The number of hydrogen-bond acceptors (Lipinski definition) is 6. The normalized spacial score (nSPS) is 13.0. The van der Waals surface area contributed by atoms with Crippen molar-refractivity contribution < 1.29 is 28.6 Å². The van der Waals surface area contributed by atoms with E-state index >= 15 is 0 Å². The monoisotopic (exact) mass is 1150 g/mol. The highest BCUT2D eigenvalue weighted by atomic mass is 16.6. The highest BCUT2D eigenvalue weighted by Gasteiger charge is 2.19. The first-order valence-corrected chi connectivity index (χ1v) is 34.7. The fourth-order valence-electron chi connectivity index (χ4n) is 9.49. The van der Waals surface area contributed by atoms with Gasteiger partial charge in [0.25, 0.3) is 0 Å². The van der Waals surface area contributed by atoms with Gasteiger partial charge >= 0.3 is 17.9 Å². The lowest BCUT2D eigenvalue weighted by molar-refractivity contribution is -0.167. The highest BCUT2D eigenvalue weighted by molar-refractivity contribution is 5.71. The fraction of sp³-hybridized carbons (Fsp3) is 0.675. The average molecular weight is 1150 g/mol. The second-order valence-corrected chi connectivity index (χ2v) is 22.7. The van der Waals surface area contributed by atoms with Crippen LogP contribution in [0.2, 0.25) is 0 Å². The van der Waals surface area contributed by atoms with Crippen molar-refractivity contribution in [2.75, 3.05) is 13.2 Å². The van der Waals surface area contributed by atoms with E-state index in [0.29, 0.717) is 19.3 Å². The zero-order valence-electron chi connectivity index (χ0n) is 54.2. The number of carbonyl (C=O) groups excluding carboxylic acids is 3. The molecule has 0 heterocycles. The molecular formula is C77H128O6. The Hall–Kier alpha value is -4.45. The molecule has 0 bridgehead atoms. The van der Waals surface area contributed by atoms with E-state index in [0.717, 1.165) is 135 Å². The molecule has 0 saturated carbocycles. The summed E-state index contributed by atoms with van der Waals surface area (Å²) in [6.07, 6.45) is 99.0. The van der Waals surface area contributed by atoms with Crippen molar-refractivity contribution in [3.05, 3.63) is 134 Å². The summed E-state index contributed by atoms with van der Waals surface area (Å²) in [7, 11) is 0. The zero-order valence-corrected chi connectivity index (χ0v) is 54.2. The van der Waals surface area contributed by atoms with Gasteiger partial charge in [-0.1, -0.05) is 296 Å². The summed E-state index contributed by atoms with van der Waals surface area (Å²) in [5.41, 5.74) is 0. The topological polar surface area (TPSA) is 78.9 Å². The highest BCUT2D eigenvalue weighted by Crippen LogP contribution is 2.16. The van der Waals surface area contributed by atoms with E-state index in [1.54, 1.807) is 0 Å². The molecule has 472 valence electrons. The molecular weight excluding hydrogens is 1020 g/mol. The smallest absolute Gasteiger partial charge is 0.306 e. The first-order chi connectivity index (χ1) is 41.0. The minimum Gasteiger partial charge on any atom is -0.462 e. The van der Waals surface area contributed by atoms with E-state index in [1.807, 2.05) is 0 Å². The summed E-state index contributed by atoms with van der Waals surface area (Å²) in [5, 5.41) is 0. The van der Waals surface area contributed by atoms with Gasteiger partial charge in [-0.3, -0.25) is 14.4 Å².